The molecule has 0 bridgehead atoms. The van der Waals surface area contributed by atoms with Crippen LogP contribution in [0.2, 0.25) is 5.02 Å². The van der Waals surface area contributed by atoms with Gasteiger partial charge in [0, 0.05) is 25.5 Å². The van der Waals surface area contributed by atoms with Gasteiger partial charge in [0.05, 0.1) is 24.3 Å². The molecule has 0 aliphatic heterocycles. The summed E-state index contributed by atoms with van der Waals surface area (Å²) in [5.41, 5.74) is 1.04. The normalized spacial score (nSPS) is 11.2. The Balaban J connectivity index is 1.83. The molecule has 1 amide bonds. The van der Waals surface area contributed by atoms with Crippen molar-refractivity contribution in [1.82, 2.24) is 4.31 Å². The molecule has 0 aliphatic carbocycles. The monoisotopic (exact) mass is 498 g/mol. The van der Waals surface area contributed by atoms with Crippen LogP contribution in [-0.4, -0.2) is 59.0 Å². The first-order chi connectivity index (χ1) is 15.5. The average Bonchev–Trinajstić information content (AvgIpc) is 2.77. The molecule has 0 saturated heterocycles. The first-order valence-electron chi connectivity index (χ1n) is 9.99. The molecule has 1 N–H and O–H groups in total. The van der Waals surface area contributed by atoms with E-state index in [2.05, 4.69) is 5.32 Å². The zero-order chi connectivity index (χ0) is 24.6. The molecule has 33 heavy (non-hydrogen) atoms. The molecule has 0 radical (unpaired) electrons. The van der Waals surface area contributed by atoms with Gasteiger partial charge in [-0.05, 0) is 55.3 Å². The van der Waals surface area contributed by atoms with Crippen molar-refractivity contribution in [2.24, 2.45) is 0 Å². The maximum atomic E-state index is 12.3. The van der Waals surface area contributed by atoms with Crippen molar-refractivity contribution in [3.63, 3.8) is 0 Å². The zero-order valence-corrected chi connectivity index (χ0v) is 20.5. The topological polar surface area (TPSA) is 111 Å². The van der Waals surface area contributed by atoms with Crippen molar-refractivity contribution in [2.75, 3.05) is 39.7 Å². The number of amides is 1. The van der Waals surface area contributed by atoms with Gasteiger partial charge >= 0.3 is 5.97 Å². The van der Waals surface area contributed by atoms with Crippen molar-refractivity contribution in [1.29, 1.82) is 0 Å². The number of hydrogen-bond acceptors (Lipinski definition) is 7. The molecule has 0 aromatic heterocycles. The second-order valence-corrected chi connectivity index (χ2v) is 9.78. The number of halogens is 1. The van der Waals surface area contributed by atoms with Crippen molar-refractivity contribution in [2.45, 2.75) is 24.7 Å². The largest absolute Gasteiger partial charge is 0.495 e. The Bertz CT molecular complexity index is 1100. The van der Waals surface area contributed by atoms with Crippen LogP contribution in [0, 0.1) is 6.92 Å². The summed E-state index contributed by atoms with van der Waals surface area (Å²) < 4.78 is 41.4. The van der Waals surface area contributed by atoms with Crippen LogP contribution in [0.3, 0.4) is 0 Å². The maximum Gasteiger partial charge on any atom is 0.306 e. The highest BCUT2D eigenvalue weighted by Gasteiger charge is 2.20. The number of rotatable bonds is 11. The van der Waals surface area contributed by atoms with Crippen LogP contribution in [0.4, 0.5) is 5.69 Å². The highest BCUT2D eigenvalue weighted by molar-refractivity contribution is 7.89. The van der Waals surface area contributed by atoms with E-state index in [1.807, 2.05) is 6.92 Å². The third-order valence-electron chi connectivity index (χ3n) is 4.51. The lowest BCUT2D eigenvalue weighted by molar-refractivity contribution is -0.147. The van der Waals surface area contributed by atoms with Gasteiger partial charge in [-0.1, -0.05) is 11.6 Å². The Hall–Kier alpha value is -2.82. The van der Waals surface area contributed by atoms with Crippen molar-refractivity contribution in [3.8, 4) is 11.5 Å². The second kappa shape index (κ2) is 11.9. The number of carbonyl (C=O) groups is 2. The van der Waals surface area contributed by atoms with E-state index >= 15 is 0 Å². The minimum Gasteiger partial charge on any atom is -0.495 e. The summed E-state index contributed by atoms with van der Waals surface area (Å²) >= 11 is 5.97. The van der Waals surface area contributed by atoms with E-state index < -0.39 is 28.5 Å². The molecule has 2 aromatic carbocycles. The Morgan fingerprint density at radius 3 is 2.48 bits per heavy atom. The van der Waals surface area contributed by atoms with E-state index in [-0.39, 0.29) is 22.8 Å². The molecule has 0 atom stereocenters. The van der Waals surface area contributed by atoms with Crippen molar-refractivity contribution >= 4 is 39.2 Å². The van der Waals surface area contributed by atoms with Crippen molar-refractivity contribution in [3.05, 3.63) is 47.0 Å². The number of aryl methyl sites for hydroxylation is 1. The maximum absolute atomic E-state index is 12.3. The number of carbonyl (C=O) groups excluding carboxylic acids is 2. The number of nitrogens with zero attached hydrogens (tertiary/aromatic N) is 1. The summed E-state index contributed by atoms with van der Waals surface area (Å²) in [4.78, 5) is 24.1. The van der Waals surface area contributed by atoms with Gasteiger partial charge in [0.25, 0.3) is 5.91 Å². The molecule has 0 fully saturated rings. The molecule has 11 heteroatoms. The number of sulfonamides is 1. The lowest BCUT2D eigenvalue weighted by Crippen LogP contribution is -2.23. The first-order valence-corrected chi connectivity index (χ1v) is 11.8. The molecule has 0 saturated carbocycles. The summed E-state index contributed by atoms with van der Waals surface area (Å²) in [6.45, 7) is 1.64. The van der Waals surface area contributed by atoms with Crippen LogP contribution in [0.1, 0.15) is 18.4 Å². The molecule has 0 aliphatic rings. The molecular weight excluding hydrogens is 472 g/mol. The Labute approximate surface area is 198 Å². The summed E-state index contributed by atoms with van der Waals surface area (Å²) in [5, 5.41) is 3.15. The number of anilines is 1. The van der Waals surface area contributed by atoms with Gasteiger partial charge in [-0.25, -0.2) is 12.7 Å². The Morgan fingerprint density at radius 2 is 1.85 bits per heavy atom. The summed E-state index contributed by atoms with van der Waals surface area (Å²) in [5.74, 6) is -0.273. The third-order valence-corrected chi connectivity index (χ3v) is 6.75. The van der Waals surface area contributed by atoms with E-state index in [1.165, 1.54) is 39.4 Å². The highest BCUT2D eigenvalue weighted by Crippen LogP contribution is 2.28. The van der Waals surface area contributed by atoms with Crippen LogP contribution in [-0.2, 0) is 24.3 Å². The van der Waals surface area contributed by atoms with Crippen LogP contribution in [0.25, 0.3) is 0 Å². The number of ether oxygens (including phenoxy) is 3. The van der Waals surface area contributed by atoms with E-state index in [0.717, 1.165) is 9.87 Å². The van der Waals surface area contributed by atoms with Crippen LogP contribution in [0.5, 0.6) is 11.5 Å². The van der Waals surface area contributed by atoms with Gasteiger partial charge in [-0.2, -0.15) is 0 Å². The predicted octanol–water partition coefficient (Wildman–Crippen LogP) is 3.25. The molecule has 9 nitrogen and oxygen atoms in total. The minimum atomic E-state index is -3.70. The number of nitrogens with one attached hydrogen (secondary N) is 1. The summed E-state index contributed by atoms with van der Waals surface area (Å²) in [6.07, 6.45) is 0.472. The fourth-order valence-corrected chi connectivity index (χ4v) is 3.72. The SMILES string of the molecule is COc1ccc(S(=O)(=O)N(C)C)cc1NC(=O)COC(=O)CCCOc1ccc(Cl)c(C)c1. The highest BCUT2D eigenvalue weighted by atomic mass is 35.5. The Kier molecular flexibility index (Phi) is 9.51. The van der Waals surface area contributed by atoms with E-state index in [9.17, 15) is 18.0 Å². The number of hydrogen-bond donors (Lipinski definition) is 1. The average molecular weight is 499 g/mol. The van der Waals surface area contributed by atoms with Gasteiger partial charge in [-0.15, -0.1) is 0 Å². The zero-order valence-electron chi connectivity index (χ0n) is 18.9. The van der Waals surface area contributed by atoms with Gasteiger partial charge < -0.3 is 19.5 Å². The van der Waals surface area contributed by atoms with Crippen LogP contribution in [0.15, 0.2) is 41.3 Å². The molecule has 180 valence electrons. The van der Waals surface area contributed by atoms with Gasteiger partial charge in [-0.3, -0.25) is 9.59 Å². The first kappa shape index (κ1) is 26.4. The molecule has 2 rings (SSSR count). The van der Waals surface area contributed by atoms with Crippen molar-refractivity contribution < 1.29 is 32.2 Å². The minimum absolute atomic E-state index is 0.0172. The van der Waals surface area contributed by atoms with E-state index in [4.69, 9.17) is 25.8 Å². The van der Waals surface area contributed by atoms with Gasteiger partial charge in [0.2, 0.25) is 10.0 Å². The lowest BCUT2D eigenvalue weighted by Gasteiger charge is -2.15. The standard InChI is InChI=1S/C22H27ClN2O7S/c1-15-12-16(7-9-18(15)23)31-11-5-6-22(27)32-14-21(26)24-19-13-17(8-10-20(19)30-4)33(28,29)25(2)3/h7-10,12-13H,5-6,11,14H2,1-4H3,(H,24,26). The second-order valence-electron chi connectivity index (χ2n) is 7.22. The molecule has 2 aromatic rings. The molecule has 0 heterocycles. The van der Waals surface area contributed by atoms with Crippen LogP contribution >= 0.6 is 11.6 Å². The summed E-state index contributed by atoms with van der Waals surface area (Å²) in [6, 6.07) is 9.37. The predicted molar refractivity (Wildman–Crippen MR) is 124 cm³/mol. The number of methoxy groups -OCH3 is 1. The Morgan fingerprint density at radius 1 is 1.12 bits per heavy atom. The lowest BCUT2D eigenvalue weighted by atomic mass is 10.2. The number of benzene rings is 2. The summed E-state index contributed by atoms with van der Waals surface area (Å²) in [7, 11) is 0.490. The molecule has 0 spiro atoms. The van der Waals surface area contributed by atoms with E-state index in [0.29, 0.717) is 23.8 Å². The number of esters is 1. The third kappa shape index (κ3) is 7.62. The fourth-order valence-electron chi connectivity index (χ4n) is 2.67. The fraction of sp³-hybridized carbons (Fsp3) is 0.364. The quantitative estimate of drug-likeness (QED) is 0.374. The van der Waals surface area contributed by atoms with Gasteiger partial charge in [0.1, 0.15) is 11.5 Å². The smallest absolute Gasteiger partial charge is 0.306 e. The molecule has 0 unspecified atom stereocenters. The van der Waals surface area contributed by atoms with Gasteiger partial charge in [0.15, 0.2) is 6.61 Å². The van der Waals surface area contributed by atoms with Crippen LogP contribution < -0.4 is 14.8 Å². The molecular formula is C22H27ClN2O7S. The van der Waals surface area contributed by atoms with E-state index in [1.54, 1.807) is 18.2 Å².